The van der Waals surface area contributed by atoms with Crippen molar-refractivity contribution in [3.05, 3.63) is 22.4 Å². The summed E-state index contributed by atoms with van der Waals surface area (Å²) in [6.07, 6.45) is -4.61. The summed E-state index contributed by atoms with van der Waals surface area (Å²) < 4.78 is 36.2. The maximum atomic E-state index is 12.1. The van der Waals surface area contributed by atoms with Crippen molar-refractivity contribution in [2.75, 3.05) is 0 Å². The van der Waals surface area contributed by atoms with Crippen LogP contribution in [0.25, 0.3) is 0 Å². The van der Waals surface area contributed by atoms with E-state index in [4.69, 9.17) is 5.11 Å². The minimum Gasteiger partial charge on any atom is -0.481 e. The van der Waals surface area contributed by atoms with Gasteiger partial charge in [-0.1, -0.05) is 6.07 Å². The second-order valence-electron chi connectivity index (χ2n) is 4.74. The first kappa shape index (κ1) is 17.0. The molecule has 0 bridgehead atoms. The van der Waals surface area contributed by atoms with E-state index in [1.54, 1.807) is 6.92 Å². The van der Waals surface area contributed by atoms with Crippen LogP contribution in [0.2, 0.25) is 0 Å². The summed E-state index contributed by atoms with van der Waals surface area (Å²) in [5.41, 5.74) is 0. The Bertz CT molecular complexity index is 406. The maximum absolute atomic E-state index is 12.1. The zero-order valence-corrected chi connectivity index (χ0v) is 11.9. The smallest absolute Gasteiger partial charge is 0.389 e. The van der Waals surface area contributed by atoms with Gasteiger partial charge in [-0.25, -0.2) is 0 Å². The van der Waals surface area contributed by atoms with Gasteiger partial charge in [0.05, 0.1) is 12.5 Å². The molecule has 2 atom stereocenters. The van der Waals surface area contributed by atoms with Crippen molar-refractivity contribution in [3.8, 4) is 0 Å². The van der Waals surface area contributed by atoms with Gasteiger partial charge >= 0.3 is 12.1 Å². The fourth-order valence-corrected chi connectivity index (χ4v) is 2.73. The second-order valence-corrected chi connectivity index (χ2v) is 5.72. The molecule has 0 aliphatic rings. The van der Waals surface area contributed by atoms with Crippen molar-refractivity contribution >= 4 is 17.3 Å². The van der Waals surface area contributed by atoms with Crippen molar-refractivity contribution in [2.45, 2.75) is 50.9 Å². The lowest BCUT2D eigenvalue weighted by molar-refractivity contribution is -0.137. The topological polar surface area (TPSA) is 49.3 Å². The van der Waals surface area contributed by atoms with Gasteiger partial charge in [0, 0.05) is 17.3 Å². The molecule has 0 aliphatic carbocycles. The number of carboxylic acid groups (broad SMARTS) is 1. The molecule has 2 N–H and O–H groups in total. The highest BCUT2D eigenvalue weighted by molar-refractivity contribution is 7.10. The van der Waals surface area contributed by atoms with Crippen LogP contribution in [0.5, 0.6) is 0 Å². The third kappa shape index (κ3) is 6.91. The Morgan fingerprint density at radius 1 is 1.50 bits per heavy atom. The van der Waals surface area contributed by atoms with E-state index in [1.807, 2.05) is 17.5 Å². The number of carbonyl (C=O) groups is 1. The first-order valence-electron chi connectivity index (χ1n) is 6.36. The molecule has 0 amide bonds. The minimum absolute atomic E-state index is 0.0436. The van der Waals surface area contributed by atoms with E-state index >= 15 is 0 Å². The van der Waals surface area contributed by atoms with Gasteiger partial charge in [0.15, 0.2) is 0 Å². The van der Waals surface area contributed by atoms with Crippen molar-refractivity contribution in [1.29, 1.82) is 0 Å². The lowest BCUT2D eigenvalue weighted by Crippen LogP contribution is -2.31. The highest BCUT2D eigenvalue weighted by Gasteiger charge is 2.26. The zero-order chi connectivity index (χ0) is 15.2. The normalized spacial score (nSPS) is 15.0. The van der Waals surface area contributed by atoms with Crippen LogP contribution in [0, 0.1) is 0 Å². The van der Waals surface area contributed by atoms with Gasteiger partial charge in [0.2, 0.25) is 0 Å². The molecule has 7 heteroatoms. The molecule has 0 saturated carbocycles. The second kappa shape index (κ2) is 7.64. The first-order chi connectivity index (χ1) is 9.28. The number of thiophene rings is 1. The summed E-state index contributed by atoms with van der Waals surface area (Å²) in [5.74, 6) is -0.932. The van der Waals surface area contributed by atoms with E-state index in [0.717, 1.165) is 4.88 Å². The molecule has 3 nitrogen and oxygen atoms in total. The van der Waals surface area contributed by atoms with Gasteiger partial charge < -0.3 is 10.4 Å². The predicted octanol–water partition coefficient (Wildman–Crippen LogP) is 3.97. The Morgan fingerprint density at radius 3 is 2.70 bits per heavy atom. The molecule has 0 aliphatic heterocycles. The average Bonchev–Trinajstić information content (AvgIpc) is 2.78. The van der Waals surface area contributed by atoms with Crippen LogP contribution in [0.3, 0.4) is 0 Å². The zero-order valence-electron chi connectivity index (χ0n) is 11.1. The largest absolute Gasteiger partial charge is 0.481 e. The van der Waals surface area contributed by atoms with Gasteiger partial charge in [-0.15, -0.1) is 11.3 Å². The van der Waals surface area contributed by atoms with E-state index < -0.39 is 18.6 Å². The van der Waals surface area contributed by atoms with Crippen LogP contribution in [-0.4, -0.2) is 23.3 Å². The number of hydrogen-bond donors (Lipinski definition) is 2. The summed E-state index contributed by atoms with van der Waals surface area (Å²) in [5, 5.41) is 13.8. The Balaban J connectivity index is 2.46. The fourth-order valence-electron chi connectivity index (χ4n) is 1.94. The highest BCUT2D eigenvalue weighted by atomic mass is 32.1. The Labute approximate surface area is 119 Å². The molecule has 114 valence electrons. The van der Waals surface area contributed by atoms with Crippen molar-refractivity contribution in [1.82, 2.24) is 5.32 Å². The summed E-state index contributed by atoms with van der Waals surface area (Å²) in [7, 11) is 0. The molecule has 0 spiro atoms. The molecule has 0 radical (unpaired) electrons. The Hall–Kier alpha value is -1.08. The van der Waals surface area contributed by atoms with Crippen LogP contribution in [-0.2, 0) is 4.79 Å². The average molecular weight is 309 g/mol. The molecule has 1 aromatic heterocycles. The number of rotatable bonds is 8. The molecule has 0 saturated heterocycles. The van der Waals surface area contributed by atoms with Gasteiger partial charge in [-0.05, 0) is 31.2 Å². The number of halogens is 3. The molecule has 2 unspecified atom stereocenters. The number of aliphatic carboxylic acids is 1. The third-order valence-electron chi connectivity index (χ3n) is 2.85. The lowest BCUT2D eigenvalue weighted by Gasteiger charge is -2.21. The van der Waals surface area contributed by atoms with Crippen molar-refractivity contribution in [2.24, 2.45) is 0 Å². The molecule has 1 aromatic rings. The molecular formula is C13H18F3NO2S. The summed E-state index contributed by atoms with van der Waals surface area (Å²) in [4.78, 5) is 11.7. The Morgan fingerprint density at radius 2 is 2.20 bits per heavy atom. The molecule has 1 heterocycles. The summed E-state index contributed by atoms with van der Waals surface area (Å²) >= 11 is 1.44. The number of carboxylic acids is 1. The third-order valence-corrected chi connectivity index (χ3v) is 3.83. The minimum atomic E-state index is -4.13. The summed E-state index contributed by atoms with van der Waals surface area (Å²) in [6, 6.07) is 3.13. The summed E-state index contributed by atoms with van der Waals surface area (Å²) in [6.45, 7) is 1.78. The predicted molar refractivity (Wildman–Crippen MR) is 71.8 cm³/mol. The highest BCUT2D eigenvalue weighted by Crippen LogP contribution is 2.25. The van der Waals surface area contributed by atoms with Crippen LogP contribution >= 0.6 is 11.3 Å². The monoisotopic (exact) mass is 309 g/mol. The van der Waals surface area contributed by atoms with E-state index in [9.17, 15) is 18.0 Å². The van der Waals surface area contributed by atoms with Gasteiger partial charge in [-0.3, -0.25) is 4.79 Å². The van der Waals surface area contributed by atoms with Crippen LogP contribution in [0.15, 0.2) is 17.5 Å². The number of hydrogen-bond acceptors (Lipinski definition) is 3. The first-order valence-corrected chi connectivity index (χ1v) is 7.24. The Kier molecular flexibility index (Phi) is 6.48. The fraction of sp³-hybridized carbons (Fsp3) is 0.615. The van der Waals surface area contributed by atoms with E-state index in [2.05, 4.69) is 5.32 Å². The van der Waals surface area contributed by atoms with Crippen molar-refractivity contribution < 1.29 is 23.1 Å². The van der Waals surface area contributed by atoms with Gasteiger partial charge in [0.1, 0.15) is 0 Å². The van der Waals surface area contributed by atoms with Gasteiger partial charge in [-0.2, -0.15) is 13.2 Å². The molecular weight excluding hydrogens is 291 g/mol. The van der Waals surface area contributed by atoms with Crippen molar-refractivity contribution in [3.63, 3.8) is 0 Å². The molecule has 1 rings (SSSR count). The number of nitrogens with one attached hydrogen (secondary N) is 1. The van der Waals surface area contributed by atoms with Gasteiger partial charge in [0.25, 0.3) is 0 Å². The van der Waals surface area contributed by atoms with E-state index in [1.165, 1.54) is 11.3 Å². The SMILES string of the molecule is CC(CCCC(F)(F)F)NC(CC(=O)O)c1cccs1. The maximum Gasteiger partial charge on any atom is 0.389 e. The van der Waals surface area contributed by atoms with Crippen LogP contribution < -0.4 is 5.32 Å². The van der Waals surface area contributed by atoms with Crippen LogP contribution in [0.1, 0.15) is 43.5 Å². The molecule has 20 heavy (non-hydrogen) atoms. The standard InChI is InChI=1S/C13H18F3NO2S/c1-9(4-2-6-13(14,15)16)17-10(8-12(18)19)11-5-3-7-20-11/h3,5,7,9-10,17H,2,4,6,8H2,1H3,(H,18,19). The molecule has 0 fully saturated rings. The molecule has 0 aromatic carbocycles. The van der Waals surface area contributed by atoms with Crippen LogP contribution in [0.4, 0.5) is 13.2 Å². The quantitative estimate of drug-likeness (QED) is 0.764. The lowest BCUT2D eigenvalue weighted by atomic mass is 10.1. The number of alkyl halides is 3. The van der Waals surface area contributed by atoms with E-state index in [0.29, 0.717) is 6.42 Å². The van der Waals surface area contributed by atoms with E-state index in [-0.39, 0.29) is 24.9 Å².